The highest BCUT2D eigenvalue weighted by Crippen LogP contribution is 2.55. The van der Waals surface area contributed by atoms with E-state index in [1.54, 1.807) is 24.3 Å². The van der Waals surface area contributed by atoms with Gasteiger partial charge >= 0.3 is 0 Å². The first-order valence-electron chi connectivity index (χ1n) is 17.9. The van der Waals surface area contributed by atoms with Gasteiger partial charge < -0.3 is 0 Å². The van der Waals surface area contributed by atoms with Crippen molar-refractivity contribution in [2.75, 3.05) is 0 Å². The number of Topliss-reactive ketones (excluding diaryl/α,β-unsaturated/α-hetero) is 2. The maximum atomic E-state index is 14.2. The lowest BCUT2D eigenvalue weighted by Crippen LogP contribution is -2.21. The zero-order valence-electron chi connectivity index (χ0n) is 29.5. The van der Waals surface area contributed by atoms with Gasteiger partial charge in [-0.1, -0.05) is 169 Å². The van der Waals surface area contributed by atoms with Gasteiger partial charge in [-0.05, 0) is 96.7 Å². The second kappa shape index (κ2) is 18.1. The molecule has 2 nitrogen and oxygen atoms in total. The number of hydrogen-bond donors (Lipinski definition) is 0. The summed E-state index contributed by atoms with van der Waals surface area (Å²) in [4.78, 5) is 28.5. The predicted octanol–water partition coefficient (Wildman–Crippen LogP) is 11.9. The molecule has 0 aromatic heterocycles. The largest absolute Gasteiger partial charge is 0.294 e. The van der Waals surface area contributed by atoms with Gasteiger partial charge in [0.25, 0.3) is 0 Å². The third kappa shape index (κ3) is 9.15. The van der Waals surface area contributed by atoms with Gasteiger partial charge in [0.2, 0.25) is 0 Å². The van der Waals surface area contributed by atoms with E-state index in [4.69, 9.17) is 23.2 Å². The molecule has 0 fully saturated rings. The van der Waals surface area contributed by atoms with Crippen molar-refractivity contribution in [2.24, 2.45) is 0 Å². The summed E-state index contributed by atoms with van der Waals surface area (Å²) in [5, 5.41) is 5.98. The van der Waals surface area contributed by atoms with Crippen molar-refractivity contribution in [2.45, 2.75) is 24.2 Å². The van der Waals surface area contributed by atoms with E-state index in [1.807, 2.05) is 48.5 Å². The Morgan fingerprint density at radius 1 is 0.389 bits per heavy atom. The molecule has 6 heteroatoms. The number of hydrogen-bond acceptors (Lipinski definition) is 2. The van der Waals surface area contributed by atoms with Crippen molar-refractivity contribution in [1.29, 1.82) is 0 Å². The van der Waals surface area contributed by atoms with Gasteiger partial charge in [0.05, 0.1) is 0 Å². The average molecular weight is 780 g/mol. The first-order valence-corrected chi connectivity index (χ1v) is 21.5. The monoisotopic (exact) mass is 778 g/mol. The molecule has 0 aliphatic carbocycles. The van der Waals surface area contributed by atoms with Crippen molar-refractivity contribution in [3.63, 3.8) is 0 Å². The van der Waals surface area contributed by atoms with E-state index in [0.717, 1.165) is 11.1 Å². The lowest BCUT2D eigenvalue weighted by molar-refractivity contribution is 0.0974. The van der Waals surface area contributed by atoms with Crippen molar-refractivity contribution < 1.29 is 9.59 Å². The van der Waals surface area contributed by atoms with Crippen LogP contribution in [0.4, 0.5) is 0 Å². The minimum absolute atomic E-state index is 0.0618. The number of ketones is 2. The molecule has 0 N–H and O–H groups in total. The van der Waals surface area contributed by atoms with Crippen LogP contribution in [0.3, 0.4) is 0 Å². The summed E-state index contributed by atoms with van der Waals surface area (Å²) in [5.74, 6) is 0.124. The first kappa shape index (κ1) is 37.6. The van der Waals surface area contributed by atoms with Crippen LogP contribution in [0.2, 0.25) is 10.0 Å². The van der Waals surface area contributed by atoms with Crippen LogP contribution < -0.4 is 21.2 Å². The van der Waals surface area contributed by atoms with E-state index in [0.29, 0.717) is 34.0 Å². The molecule has 0 unspecified atom stereocenters. The molecular weight excluding hydrogens is 741 g/mol. The fourth-order valence-electron chi connectivity index (χ4n) is 6.92. The highest BCUT2D eigenvalue weighted by molar-refractivity contribution is 7.73. The standard InChI is InChI=1S/C48H38Cl2O2P2/c49-39-28-24-35(25-29-39)45(51)33-47(53(41-16-5-1-6-17-41)42-18-7-2-8-19-42)37-14-13-15-38(32-37)48(34-46(52)36-26-30-40(50)31-27-36)54(43-20-9-3-10-21-43)44-22-11-4-12-23-44/h1-32,47-48H,33-34H2/t47-,48-/m0/s1. The normalized spacial score (nSPS) is 12.4. The topological polar surface area (TPSA) is 34.1 Å². The number of benzene rings is 7. The Morgan fingerprint density at radius 3 is 0.981 bits per heavy atom. The first-order chi connectivity index (χ1) is 26.4. The molecule has 7 aromatic rings. The maximum Gasteiger partial charge on any atom is 0.163 e. The molecule has 0 saturated carbocycles. The molecule has 0 spiro atoms. The molecule has 7 aromatic carbocycles. The summed E-state index contributed by atoms with van der Waals surface area (Å²) in [7, 11) is -2.06. The Kier molecular flexibility index (Phi) is 12.6. The van der Waals surface area contributed by atoms with E-state index in [9.17, 15) is 9.59 Å². The van der Waals surface area contributed by atoms with Gasteiger partial charge in [0.15, 0.2) is 11.6 Å². The zero-order chi connectivity index (χ0) is 37.3. The summed E-state index contributed by atoms with van der Waals surface area (Å²) in [6, 6.07) is 65.3. The van der Waals surface area contributed by atoms with Crippen molar-refractivity contribution >= 4 is 71.8 Å². The fraction of sp³-hybridized carbons (Fsp3) is 0.0833. The van der Waals surface area contributed by atoms with Gasteiger partial charge in [-0.15, -0.1) is 0 Å². The molecule has 0 bridgehead atoms. The third-order valence-electron chi connectivity index (χ3n) is 9.53. The number of carbonyl (C=O) groups excluding carboxylic acids is 2. The molecular formula is C48H38Cl2O2P2. The van der Waals surface area contributed by atoms with E-state index < -0.39 is 15.8 Å². The molecule has 0 radical (unpaired) electrons. The maximum absolute atomic E-state index is 14.2. The summed E-state index contributed by atoms with van der Waals surface area (Å²) < 4.78 is 0. The molecule has 7 rings (SSSR count). The van der Waals surface area contributed by atoms with E-state index >= 15 is 0 Å². The highest BCUT2D eigenvalue weighted by atomic mass is 35.5. The van der Waals surface area contributed by atoms with Crippen molar-refractivity contribution in [1.82, 2.24) is 0 Å². The van der Waals surface area contributed by atoms with Crippen LogP contribution >= 0.6 is 39.0 Å². The summed E-state index contributed by atoms with van der Waals surface area (Å²) in [6.07, 6.45) is 0.613. The van der Waals surface area contributed by atoms with Crippen LogP contribution in [0.25, 0.3) is 0 Å². The van der Waals surface area contributed by atoms with Crippen LogP contribution in [0.5, 0.6) is 0 Å². The van der Waals surface area contributed by atoms with E-state index in [2.05, 4.69) is 121 Å². The number of rotatable bonds is 14. The fourth-order valence-corrected chi connectivity index (χ4v) is 12.8. The van der Waals surface area contributed by atoms with Gasteiger partial charge in [-0.3, -0.25) is 9.59 Å². The molecule has 0 aliphatic heterocycles. The number of carbonyl (C=O) groups is 2. The van der Waals surface area contributed by atoms with Crippen LogP contribution in [0, 0.1) is 0 Å². The summed E-state index contributed by atoms with van der Waals surface area (Å²) in [5.41, 5.74) is 3.13. The lowest BCUT2D eigenvalue weighted by atomic mass is 9.97. The van der Waals surface area contributed by atoms with Crippen LogP contribution in [-0.2, 0) is 0 Å². The number of halogens is 2. The van der Waals surface area contributed by atoms with E-state index in [-0.39, 0.29) is 22.9 Å². The predicted molar refractivity (Wildman–Crippen MR) is 231 cm³/mol. The molecule has 0 heterocycles. The van der Waals surface area contributed by atoms with Gasteiger partial charge in [-0.2, -0.15) is 0 Å². The van der Waals surface area contributed by atoms with Gasteiger partial charge in [-0.25, -0.2) is 0 Å². The van der Waals surface area contributed by atoms with E-state index in [1.165, 1.54) is 21.2 Å². The molecule has 266 valence electrons. The summed E-state index contributed by atoms with van der Waals surface area (Å²) >= 11 is 12.5. The molecule has 54 heavy (non-hydrogen) atoms. The molecule has 0 aliphatic rings. The minimum Gasteiger partial charge on any atom is -0.294 e. The van der Waals surface area contributed by atoms with Crippen LogP contribution in [0.1, 0.15) is 56.0 Å². The Bertz CT molecular complexity index is 2040. The average Bonchev–Trinajstić information content (AvgIpc) is 3.22. The Balaban J connectivity index is 1.39. The third-order valence-corrected chi connectivity index (χ3v) is 15.7. The summed E-state index contributed by atoms with van der Waals surface area (Å²) in [6.45, 7) is 0. The van der Waals surface area contributed by atoms with Crippen LogP contribution in [-0.4, -0.2) is 11.6 Å². The quantitative estimate of drug-likeness (QED) is 0.0814. The Morgan fingerprint density at radius 2 is 0.685 bits per heavy atom. The smallest absolute Gasteiger partial charge is 0.163 e. The molecule has 2 atom stereocenters. The van der Waals surface area contributed by atoms with Crippen molar-refractivity contribution in [3.05, 3.63) is 226 Å². The zero-order valence-corrected chi connectivity index (χ0v) is 32.8. The molecule has 0 saturated heterocycles. The second-order valence-electron chi connectivity index (χ2n) is 13.1. The van der Waals surface area contributed by atoms with Gasteiger partial charge in [0.1, 0.15) is 0 Å². The van der Waals surface area contributed by atoms with Crippen molar-refractivity contribution in [3.8, 4) is 0 Å². The van der Waals surface area contributed by atoms with Crippen LogP contribution in [0.15, 0.2) is 194 Å². The second-order valence-corrected chi connectivity index (χ2v) is 18.7. The lowest BCUT2D eigenvalue weighted by Gasteiger charge is -2.32. The minimum atomic E-state index is -1.03. The SMILES string of the molecule is O=C(C[C@@H](c1cccc([C@H](CC(=O)c2ccc(Cl)cc2)P(c2ccccc2)c2ccccc2)c1)P(c1ccccc1)c1ccccc1)c1ccc(Cl)cc1. The molecule has 0 amide bonds. The Labute approximate surface area is 330 Å². The Hall–Kier alpha value is -4.68. The van der Waals surface area contributed by atoms with Gasteiger partial charge in [0, 0.05) is 45.3 Å². The highest BCUT2D eigenvalue weighted by Gasteiger charge is 2.32.